The van der Waals surface area contributed by atoms with Gasteiger partial charge in [-0.05, 0) is 48.0 Å². The minimum atomic E-state index is -0.259. The predicted molar refractivity (Wildman–Crippen MR) is 90.2 cm³/mol. The summed E-state index contributed by atoms with van der Waals surface area (Å²) in [5.74, 6) is 0.0413. The van der Waals surface area contributed by atoms with Gasteiger partial charge in [-0.15, -0.1) is 0 Å². The van der Waals surface area contributed by atoms with Gasteiger partial charge in [-0.1, -0.05) is 12.1 Å². The molecule has 120 valence electrons. The second kappa shape index (κ2) is 6.42. The Hall–Kier alpha value is -3.34. The maximum atomic E-state index is 12.1. The lowest BCUT2D eigenvalue weighted by Crippen LogP contribution is -2.11. The molecule has 2 N–H and O–H groups in total. The van der Waals surface area contributed by atoms with Crippen molar-refractivity contribution < 1.29 is 19.1 Å². The number of Topliss-reactive ketones (excluding diaryl/α,β-unsaturated/α-hetero) is 1. The number of amides is 1. The van der Waals surface area contributed by atoms with Gasteiger partial charge < -0.3 is 14.8 Å². The average molecular weight is 321 g/mol. The van der Waals surface area contributed by atoms with Crippen molar-refractivity contribution in [2.45, 2.75) is 6.92 Å². The van der Waals surface area contributed by atoms with Crippen molar-refractivity contribution in [3.8, 4) is 16.9 Å². The van der Waals surface area contributed by atoms with E-state index in [9.17, 15) is 14.7 Å². The van der Waals surface area contributed by atoms with Crippen LogP contribution >= 0.6 is 0 Å². The highest BCUT2D eigenvalue weighted by molar-refractivity contribution is 6.04. The molecule has 24 heavy (non-hydrogen) atoms. The van der Waals surface area contributed by atoms with E-state index >= 15 is 0 Å². The summed E-state index contributed by atoms with van der Waals surface area (Å²) in [5, 5.41) is 12.0. The number of phenolic OH excluding ortho intramolecular Hbond substituents is 1. The number of phenols is 1. The molecule has 0 unspecified atom stereocenters. The molecule has 0 saturated heterocycles. The number of hydrogen-bond acceptors (Lipinski definition) is 4. The number of nitrogens with one attached hydrogen (secondary N) is 1. The zero-order chi connectivity index (χ0) is 17.1. The average Bonchev–Trinajstić information content (AvgIpc) is 3.06. The molecule has 0 fully saturated rings. The van der Waals surface area contributed by atoms with Gasteiger partial charge in [0.2, 0.25) is 0 Å². The van der Waals surface area contributed by atoms with Crippen molar-refractivity contribution in [2.24, 2.45) is 0 Å². The van der Waals surface area contributed by atoms with E-state index in [1.54, 1.807) is 30.3 Å². The molecule has 0 radical (unpaired) electrons. The highest BCUT2D eigenvalue weighted by atomic mass is 16.3. The summed E-state index contributed by atoms with van der Waals surface area (Å²) in [6, 6.07) is 14.9. The Kier molecular flexibility index (Phi) is 4.16. The molecule has 1 amide bonds. The van der Waals surface area contributed by atoms with E-state index in [0.29, 0.717) is 17.0 Å². The number of benzene rings is 2. The molecule has 0 aliphatic rings. The molecule has 3 rings (SSSR count). The third-order valence-corrected chi connectivity index (χ3v) is 3.55. The van der Waals surface area contributed by atoms with Crippen LogP contribution in [0.25, 0.3) is 11.1 Å². The number of aromatic hydroxyl groups is 1. The molecule has 5 heteroatoms. The maximum absolute atomic E-state index is 12.1. The number of carbonyl (C=O) groups is 2. The van der Waals surface area contributed by atoms with Crippen molar-refractivity contribution >= 4 is 17.4 Å². The van der Waals surface area contributed by atoms with Crippen molar-refractivity contribution in [3.63, 3.8) is 0 Å². The van der Waals surface area contributed by atoms with Crippen LogP contribution in [0, 0.1) is 0 Å². The number of anilines is 1. The summed E-state index contributed by atoms with van der Waals surface area (Å²) < 4.78 is 5.20. The molecule has 0 aliphatic heterocycles. The molecule has 2 aromatic carbocycles. The third kappa shape index (κ3) is 3.35. The summed E-state index contributed by atoms with van der Waals surface area (Å²) in [6.07, 6.45) is 1.53. The zero-order valence-electron chi connectivity index (χ0n) is 12.9. The quantitative estimate of drug-likeness (QED) is 0.709. The Morgan fingerprint density at radius 1 is 0.958 bits per heavy atom. The van der Waals surface area contributed by atoms with Crippen LogP contribution < -0.4 is 5.32 Å². The van der Waals surface area contributed by atoms with Crippen molar-refractivity contribution in [1.82, 2.24) is 0 Å². The lowest BCUT2D eigenvalue weighted by Gasteiger charge is -2.06. The van der Waals surface area contributed by atoms with Crippen LogP contribution in [0.3, 0.4) is 0 Å². The summed E-state index contributed by atoms with van der Waals surface area (Å²) in [4.78, 5) is 23.4. The van der Waals surface area contributed by atoms with Crippen LogP contribution in [-0.2, 0) is 0 Å². The number of furan rings is 1. The molecule has 1 heterocycles. The molecule has 0 aliphatic carbocycles. The van der Waals surface area contributed by atoms with Gasteiger partial charge in [0.25, 0.3) is 5.91 Å². The predicted octanol–water partition coefficient (Wildman–Crippen LogP) is 4.11. The van der Waals surface area contributed by atoms with Gasteiger partial charge in [0.15, 0.2) is 11.5 Å². The van der Waals surface area contributed by atoms with Crippen molar-refractivity contribution in [2.75, 3.05) is 5.32 Å². The highest BCUT2D eigenvalue weighted by Gasteiger charge is 2.09. The van der Waals surface area contributed by atoms with Crippen LogP contribution in [0.2, 0.25) is 0 Å². The lowest BCUT2D eigenvalue weighted by molar-refractivity contribution is 0.0985. The second-order valence-corrected chi connectivity index (χ2v) is 5.33. The first-order chi connectivity index (χ1) is 11.5. The van der Waals surface area contributed by atoms with Crippen molar-refractivity contribution in [1.29, 1.82) is 0 Å². The first-order valence-corrected chi connectivity index (χ1v) is 7.33. The fraction of sp³-hybridized carbons (Fsp3) is 0.0526. The minimum absolute atomic E-state index is 0.112. The van der Waals surface area contributed by atoms with Crippen LogP contribution in [-0.4, -0.2) is 16.8 Å². The first kappa shape index (κ1) is 15.6. The standard InChI is InChI=1S/C19H15NO4/c1-12(21)18-10-15(11-24-18)13-2-6-16(7-3-13)20-19(23)14-4-8-17(22)9-5-14/h2-11,22H,1H3,(H,20,23). The molecule has 5 nitrogen and oxygen atoms in total. The van der Waals surface area contributed by atoms with E-state index < -0.39 is 0 Å². The number of hydrogen-bond donors (Lipinski definition) is 2. The second-order valence-electron chi connectivity index (χ2n) is 5.33. The molecule has 0 spiro atoms. The van der Waals surface area contributed by atoms with Gasteiger partial charge in [0.05, 0.1) is 6.26 Å². The lowest BCUT2D eigenvalue weighted by atomic mass is 10.1. The molecule has 0 bridgehead atoms. The zero-order valence-corrected chi connectivity index (χ0v) is 12.9. The van der Waals surface area contributed by atoms with Crippen LogP contribution in [0.5, 0.6) is 5.75 Å². The third-order valence-electron chi connectivity index (χ3n) is 3.55. The van der Waals surface area contributed by atoms with Crippen LogP contribution in [0.15, 0.2) is 65.3 Å². The minimum Gasteiger partial charge on any atom is -0.508 e. The van der Waals surface area contributed by atoms with Gasteiger partial charge in [-0.3, -0.25) is 9.59 Å². The molecule has 1 aromatic heterocycles. The maximum Gasteiger partial charge on any atom is 0.255 e. The van der Waals surface area contributed by atoms with Gasteiger partial charge in [0.1, 0.15) is 5.75 Å². The van der Waals surface area contributed by atoms with E-state index in [-0.39, 0.29) is 17.4 Å². The van der Waals surface area contributed by atoms with Crippen LogP contribution in [0.4, 0.5) is 5.69 Å². The number of ketones is 1. The Morgan fingerprint density at radius 2 is 1.62 bits per heavy atom. The first-order valence-electron chi connectivity index (χ1n) is 7.33. The van der Waals surface area contributed by atoms with Gasteiger partial charge >= 0.3 is 0 Å². The van der Waals surface area contributed by atoms with Gasteiger partial charge in [-0.2, -0.15) is 0 Å². The van der Waals surface area contributed by atoms with E-state index in [4.69, 9.17) is 4.42 Å². The Balaban J connectivity index is 1.73. The largest absolute Gasteiger partial charge is 0.508 e. The molecule has 0 saturated carbocycles. The van der Waals surface area contributed by atoms with E-state index in [1.165, 1.54) is 25.3 Å². The summed E-state index contributed by atoms with van der Waals surface area (Å²) in [6.45, 7) is 1.45. The van der Waals surface area contributed by atoms with E-state index in [0.717, 1.165) is 11.1 Å². The fourth-order valence-electron chi connectivity index (χ4n) is 2.23. The monoisotopic (exact) mass is 321 g/mol. The van der Waals surface area contributed by atoms with Gasteiger partial charge in [-0.25, -0.2) is 0 Å². The summed E-state index contributed by atoms with van der Waals surface area (Å²) in [7, 11) is 0. The number of carbonyl (C=O) groups excluding carboxylic acids is 2. The smallest absolute Gasteiger partial charge is 0.255 e. The Morgan fingerprint density at radius 3 is 2.21 bits per heavy atom. The van der Waals surface area contributed by atoms with Crippen LogP contribution in [0.1, 0.15) is 27.8 Å². The molecular weight excluding hydrogens is 306 g/mol. The Labute approximate surface area is 138 Å². The number of rotatable bonds is 4. The summed E-state index contributed by atoms with van der Waals surface area (Å²) in [5.41, 5.74) is 2.79. The summed E-state index contributed by atoms with van der Waals surface area (Å²) >= 11 is 0. The SMILES string of the molecule is CC(=O)c1cc(-c2ccc(NC(=O)c3ccc(O)cc3)cc2)co1. The van der Waals surface area contributed by atoms with Gasteiger partial charge in [0, 0.05) is 23.7 Å². The van der Waals surface area contributed by atoms with E-state index in [2.05, 4.69) is 5.32 Å². The fourth-order valence-corrected chi connectivity index (χ4v) is 2.23. The molecule has 0 atom stereocenters. The Bertz CT molecular complexity index is 876. The molecular formula is C19H15NO4. The highest BCUT2D eigenvalue weighted by Crippen LogP contribution is 2.24. The molecule has 3 aromatic rings. The van der Waals surface area contributed by atoms with Crippen molar-refractivity contribution in [3.05, 3.63) is 72.2 Å². The van der Waals surface area contributed by atoms with E-state index in [1.807, 2.05) is 12.1 Å². The topological polar surface area (TPSA) is 79.5 Å². The normalized spacial score (nSPS) is 10.4.